The summed E-state index contributed by atoms with van der Waals surface area (Å²) < 4.78 is 41.7. The van der Waals surface area contributed by atoms with Crippen LogP contribution in [0.5, 0.6) is 11.5 Å². The molecule has 0 bridgehead atoms. The molecule has 1 atom stereocenters. The van der Waals surface area contributed by atoms with Gasteiger partial charge in [-0.1, -0.05) is 64.5 Å². The van der Waals surface area contributed by atoms with E-state index in [0.29, 0.717) is 11.4 Å². The highest BCUT2D eigenvalue weighted by Crippen LogP contribution is 2.33. The highest BCUT2D eigenvalue weighted by atomic mass is 79.9. The van der Waals surface area contributed by atoms with Crippen molar-refractivity contribution in [2.45, 2.75) is 64.1 Å². The SMILES string of the molecule is COc1ccc(S(=O)(=O)N(CC(=O)N(Cc2cccc(Br)c2)[C@H](Cc2ccccc2)C(=O)NC(C)(C)C)c2cc(C)cc(C)c2)cc1OC. The molecule has 0 unspecified atom stereocenters. The average molecular weight is 751 g/mol. The van der Waals surface area contributed by atoms with E-state index in [0.717, 1.165) is 31.0 Å². The van der Waals surface area contributed by atoms with Crippen molar-refractivity contribution in [2.24, 2.45) is 0 Å². The summed E-state index contributed by atoms with van der Waals surface area (Å²) in [7, 11) is -1.45. The number of rotatable bonds is 13. The van der Waals surface area contributed by atoms with Gasteiger partial charge in [0.25, 0.3) is 10.0 Å². The molecule has 0 heterocycles. The van der Waals surface area contributed by atoms with Gasteiger partial charge in [0.15, 0.2) is 11.5 Å². The highest BCUT2D eigenvalue weighted by Gasteiger charge is 2.36. The number of amides is 2. The number of sulfonamides is 1. The largest absolute Gasteiger partial charge is 0.493 e. The van der Waals surface area contributed by atoms with E-state index in [-0.39, 0.29) is 29.5 Å². The van der Waals surface area contributed by atoms with Crippen molar-refractivity contribution in [3.05, 3.63) is 118 Å². The second-order valence-electron chi connectivity index (χ2n) is 13.0. The van der Waals surface area contributed by atoms with Gasteiger partial charge < -0.3 is 19.7 Å². The van der Waals surface area contributed by atoms with Crippen LogP contribution in [-0.4, -0.2) is 57.5 Å². The molecule has 0 aliphatic heterocycles. The highest BCUT2D eigenvalue weighted by molar-refractivity contribution is 9.10. The summed E-state index contributed by atoms with van der Waals surface area (Å²) in [5.74, 6) is -0.300. The maximum absolute atomic E-state index is 14.8. The summed E-state index contributed by atoms with van der Waals surface area (Å²) in [6.45, 7) is 8.86. The minimum atomic E-state index is -4.34. The van der Waals surface area contributed by atoms with Gasteiger partial charge in [-0.3, -0.25) is 13.9 Å². The average Bonchev–Trinajstić information content (AvgIpc) is 3.03. The zero-order chi connectivity index (χ0) is 35.9. The Morgan fingerprint density at radius 1 is 0.816 bits per heavy atom. The Morgan fingerprint density at radius 2 is 1.45 bits per heavy atom. The smallest absolute Gasteiger partial charge is 0.264 e. The standard InChI is InChI=1S/C38H44BrN3O6S/c1-26-18-27(2)20-31(19-26)42(49(45,46)32-16-17-34(47-6)35(23-32)48-7)25-36(43)41(24-29-14-11-15-30(39)21-29)33(37(44)40-38(3,4)5)22-28-12-9-8-10-13-28/h8-21,23,33H,22,24-25H2,1-7H3,(H,40,44)/t33-/m1/s1. The molecule has 0 aliphatic carbocycles. The minimum absolute atomic E-state index is 0.0599. The third-order valence-electron chi connectivity index (χ3n) is 7.73. The molecule has 4 aromatic rings. The summed E-state index contributed by atoms with van der Waals surface area (Å²) in [5.41, 5.74) is 3.01. The maximum Gasteiger partial charge on any atom is 0.264 e. The number of benzene rings is 4. The fourth-order valence-corrected chi connectivity index (χ4v) is 7.43. The monoisotopic (exact) mass is 749 g/mol. The molecule has 0 spiro atoms. The van der Waals surface area contributed by atoms with Crippen molar-refractivity contribution in [1.82, 2.24) is 10.2 Å². The predicted molar refractivity (Wildman–Crippen MR) is 197 cm³/mol. The zero-order valence-corrected chi connectivity index (χ0v) is 31.4. The molecule has 4 rings (SSSR count). The lowest BCUT2D eigenvalue weighted by Gasteiger charge is -2.35. The molecular formula is C38H44BrN3O6S. The molecule has 0 aliphatic rings. The fourth-order valence-electron chi connectivity index (χ4n) is 5.57. The van der Waals surface area contributed by atoms with Gasteiger partial charge in [-0.25, -0.2) is 8.42 Å². The van der Waals surface area contributed by atoms with Crippen LogP contribution in [0.4, 0.5) is 5.69 Å². The number of methoxy groups -OCH3 is 2. The van der Waals surface area contributed by atoms with Crippen LogP contribution in [0, 0.1) is 13.8 Å². The summed E-state index contributed by atoms with van der Waals surface area (Å²) in [6.07, 6.45) is 0.217. The van der Waals surface area contributed by atoms with Gasteiger partial charge in [-0.05, 0) is 93.3 Å². The first-order valence-corrected chi connectivity index (χ1v) is 18.1. The molecule has 4 aromatic carbocycles. The van der Waals surface area contributed by atoms with Crippen LogP contribution >= 0.6 is 15.9 Å². The Morgan fingerprint density at radius 3 is 2.04 bits per heavy atom. The van der Waals surface area contributed by atoms with Crippen molar-refractivity contribution in [1.29, 1.82) is 0 Å². The molecule has 0 radical (unpaired) electrons. The van der Waals surface area contributed by atoms with Crippen molar-refractivity contribution >= 4 is 43.5 Å². The van der Waals surface area contributed by atoms with Crippen molar-refractivity contribution in [3.63, 3.8) is 0 Å². The Balaban J connectivity index is 1.87. The number of aryl methyl sites for hydroxylation is 2. The van der Waals surface area contributed by atoms with E-state index in [1.54, 1.807) is 12.1 Å². The number of hydrogen-bond donors (Lipinski definition) is 1. The van der Waals surface area contributed by atoms with Crippen molar-refractivity contribution in [3.8, 4) is 11.5 Å². The summed E-state index contributed by atoms with van der Waals surface area (Å²) in [6, 6.07) is 25.7. The predicted octanol–water partition coefficient (Wildman–Crippen LogP) is 6.83. The van der Waals surface area contributed by atoms with E-state index in [9.17, 15) is 18.0 Å². The molecule has 11 heteroatoms. The van der Waals surface area contributed by atoms with Crippen LogP contribution in [-0.2, 0) is 32.6 Å². The molecule has 0 aromatic heterocycles. The van der Waals surface area contributed by atoms with Crippen LogP contribution in [0.3, 0.4) is 0 Å². The van der Waals surface area contributed by atoms with Crippen LogP contribution in [0.1, 0.15) is 43.0 Å². The Bertz CT molecular complexity index is 1870. The number of carbonyl (C=O) groups excluding carboxylic acids is 2. The van der Waals surface area contributed by atoms with Gasteiger partial charge in [0, 0.05) is 29.0 Å². The van der Waals surface area contributed by atoms with Gasteiger partial charge >= 0.3 is 0 Å². The third kappa shape index (κ3) is 9.86. The first kappa shape index (κ1) is 37.5. The van der Waals surface area contributed by atoms with E-state index in [1.165, 1.54) is 37.3 Å². The molecule has 0 saturated carbocycles. The number of nitrogens with zero attached hydrogens (tertiary/aromatic N) is 2. The van der Waals surface area contributed by atoms with Gasteiger partial charge in [-0.2, -0.15) is 0 Å². The fraction of sp³-hybridized carbons (Fsp3) is 0.316. The van der Waals surface area contributed by atoms with E-state index in [1.807, 2.05) is 95.3 Å². The number of nitrogens with one attached hydrogen (secondary N) is 1. The second kappa shape index (κ2) is 15.9. The Kier molecular flexibility index (Phi) is 12.2. The lowest BCUT2D eigenvalue weighted by atomic mass is 10.0. The van der Waals surface area contributed by atoms with Gasteiger partial charge in [-0.15, -0.1) is 0 Å². The lowest BCUT2D eigenvalue weighted by Crippen LogP contribution is -2.56. The number of halogens is 1. The van der Waals surface area contributed by atoms with E-state index in [4.69, 9.17) is 9.47 Å². The number of anilines is 1. The first-order valence-electron chi connectivity index (χ1n) is 15.8. The lowest BCUT2D eigenvalue weighted by molar-refractivity contribution is -0.140. The molecule has 0 saturated heterocycles. The van der Waals surface area contributed by atoms with Crippen LogP contribution in [0.25, 0.3) is 0 Å². The van der Waals surface area contributed by atoms with Crippen LogP contribution in [0.15, 0.2) is 100 Å². The van der Waals surface area contributed by atoms with E-state index >= 15 is 0 Å². The van der Waals surface area contributed by atoms with Gasteiger partial charge in [0.1, 0.15) is 12.6 Å². The summed E-state index contributed by atoms with van der Waals surface area (Å²) in [5, 5.41) is 3.05. The minimum Gasteiger partial charge on any atom is -0.493 e. The van der Waals surface area contributed by atoms with Crippen molar-refractivity contribution < 1.29 is 27.5 Å². The Labute approximate surface area is 298 Å². The van der Waals surface area contributed by atoms with Crippen molar-refractivity contribution in [2.75, 3.05) is 25.1 Å². The van der Waals surface area contributed by atoms with E-state index in [2.05, 4.69) is 21.2 Å². The maximum atomic E-state index is 14.8. The molecule has 2 amide bonds. The van der Waals surface area contributed by atoms with Gasteiger partial charge in [0.2, 0.25) is 11.8 Å². The normalized spacial score (nSPS) is 12.2. The number of hydrogen-bond acceptors (Lipinski definition) is 6. The molecule has 260 valence electrons. The summed E-state index contributed by atoms with van der Waals surface area (Å²) in [4.78, 5) is 30.3. The van der Waals surface area contributed by atoms with Crippen LogP contribution < -0.4 is 19.1 Å². The second-order valence-corrected chi connectivity index (χ2v) is 15.7. The topological polar surface area (TPSA) is 105 Å². The third-order valence-corrected chi connectivity index (χ3v) is 9.99. The van der Waals surface area contributed by atoms with Gasteiger partial charge in [0.05, 0.1) is 24.8 Å². The number of ether oxygens (including phenoxy) is 2. The number of carbonyl (C=O) groups is 2. The Hall–Kier alpha value is -4.35. The molecule has 0 fully saturated rings. The molecular weight excluding hydrogens is 706 g/mol. The van der Waals surface area contributed by atoms with Crippen LogP contribution in [0.2, 0.25) is 0 Å². The quantitative estimate of drug-likeness (QED) is 0.161. The first-order chi connectivity index (χ1) is 23.1. The molecule has 9 nitrogen and oxygen atoms in total. The van der Waals surface area contributed by atoms with E-state index < -0.39 is 34.1 Å². The molecule has 49 heavy (non-hydrogen) atoms. The molecule has 1 N–H and O–H groups in total. The summed E-state index contributed by atoms with van der Waals surface area (Å²) >= 11 is 3.52. The zero-order valence-electron chi connectivity index (χ0n) is 29.0.